The lowest BCUT2D eigenvalue weighted by atomic mass is 10.1. The highest BCUT2D eigenvalue weighted by atomic mass is 35.5. The second kappa shape index (κ2) is 8.86. The third-order valence-electron chi connectivity index (χ3n) is 4.34. The van der Waals surface area contributed by atoms with Gasteiger partial charge in [-0.05, 0) is 58.0 Å². The lowest BCUT2D eigenvalue weighted by molar-refractivity contribution is -0.144. The molecular formula is C20H23ClN2O4. The first-order valence-corrected chi connectivity index (χ1v) is 9.05. The van der Waals surface area contributed by atoms with E-state index >= 15 is 0 Å². The first kappa shape index (κ1) is 20.7. The summed E-state index contributed by atoms with van der Waals surface area (Å²) in [4.78, 5) is 36.6. The first-order chi connectivity index (χ1) is 12.7. The van der Waals surface area contributed by atoms with Crippen molar-refractivity contribution in [1.29, 1.82) is 0 Å². The van der Waals surface area contributed by atoms with Gasteiger partial charge in [0.05, 0.1) is 0 Å². The molecule has 1 aromatic heterocycles. The Balaban J connectivity index is 1.92. The summed E-state index contributed by atoms with van der Waals surface area (Å²) in [5.41, 5.74) is 2.75. The molecule has 0 aliphatic carbocycles. The second-order valence-electron chi connectivity index (χ2n) is 6.26. The van der Waals surface area contributed by atoms with E-state index in [1.54, 1.807) is 30.3 Å². The molecule has 2 aromatic rings. The van der Waals surface area contributed by atoms with Gasteiger partial charge in [-0.15, -0.1) is 0 Å². The van der Waals surface area contributed by atoms with Crippen LogP contribution >= 0.6 is 11.6 Å². The van der Waals surface area contributed by atoms with Crippen molar-refractivity contribution >= 4 is 29.3 Å². The van der Waals surface area contributed by atoms with Crippen LogP contribution in [-0.2, 0) is 16.1 Å². The summed E-state index contributed by atoms with van der Waals surface area (Å²) in [6.45, 7) is 7.68. The number of carbonyl (C=O) groups is 3. The lowest BCUT2D eigenvalue weighted by Crippen LogP contribution is -2.40. The van der Waals surface area contributed by atoms with Crippen LogP contribution in [0.5, 0.6) is 0 Å². The van der Waals surface area contributed by atoms with Gasteiger partial charge in [0.15, 0.2) is 6.61 Å². The summed E-state index contributed by atoms with van der Waals surface area (Å²) in [5.74, 6) is -1.36. The fourth-order valence-electron chi connectivity index (χ4n) is 2.85. The Labute approximate surface area is 163 Å². The number of hydrogen-bond donors (Lipinski definition) is 1. The molecule has 0 fully saturated rings. The maximum atomic E-state index is 12.4. The van der Waals surface area contributed by atoms with Gasteiger partial charge in [-0.2, -0.15) is 0 Å². The predicted molar refractivity (Wildman–Crippen MR) is 103 cm³/mol. The number of aryl methyl sites for hydroxylation is 1. The van der Waals surface area contributed by atoms with Crippen LogP contribution < -0.4 is 5.32 Å². The summed E-state index contributed by atoms with van der Waals surface area (Å²) in [6, 6.07) is 7.20. The zero-order chi connectivity index (χ0) is 20.1. The molecule has 0 radical (unpaired) electrons. The Morgan fingerprint density at radius 2 is 1.81 bits per heavy atom. The fraction of sp³-hybridized carbons (Fsp3) is 0.350. The molecule has 0 aliphatic heterocycles. The van der Waals surface area contributed by atoms with Crippen molar-refractivity contribution in [2.24, 2.45) is 0 Å². The minimum Gasteiger partial charge on any atom is -0.456 e. The van der Waals surface area contributed by atoms with E-state index in [9.17, 15) is 14.4 Å². The fourth-order valence-corrected chi connectivity index (χ4v) is 2.98. The number of nitrogens with one attached hydrogen (secondary N) is 1. The Bertz CT molecular complexity index is 856. The molecule has 144 valence electrons. The van der Waals surface area contributed by atoms with Crippen molar-refractivity contribution in [3.63, 3.8) is 0 Å². The van der Waals surface area contributed by atoms with Crippen LogP contribution in [-0.4, -0.2) is 34.9 Å². The molecule has 0 saturated carbocycles. The van der Waals surface area contributed by atoms with Gasteiger partial charge in [0.1, 0.15) is 6.04 Å². The number of benzene rings is 1. The van der Waals surface area contributed by atoms with Gasteiger partial charge in [0.2, 0.25) is 5.78 Å². The lowest BCUT2D eigenvalue weighted by Gasteiger charge is -2.13. The van der Waals surface area contributed by atoms with E-state index in [1.807, 2.05) is 25.3 Å². The number of amides is 1. The van der Waals surface area contributed by atoms with Crippen molar-refractivity contribution in [2.75, 3.05) is 6.61 Å². The van der Waals surface area contributed by atoms with Crippen LogP contribution in [0.1, 0.15) is 46.0 Å². The number of rotatable bonds is 7. The highest BCUT2D eigenvalue weighted by Gasteiger charge is 2.21. The van der Waals surface area contributed by atoms with Crippen LogP contribution in [0.15, 0.2) is 30.3 Å². The molecule has 6 nitrogen and oxygen atoms in total. The number of Topliss-reactive ketones (excluding diaryl/α,β-unsaturated/α-hetero) is 1. The SMILES string of the molecule is CCn1c(C)cc(C(=O)COC(=O)[C@H](C)NC(=O)c2ccc(Cl)cc2)c1C. The van der Waals surface area contributed by atoms with Crippen LogP contribution in [0.4, 0.5) is 0 Å². The largest absolute Gasteiger partial charge is 0.456 e. The molecule has 2 rings (SSSR count). The number of nitrogens with zero attached hydrogens (tertiary/aromatic N) is 1. The zero-order valence-corrected chi connectivity index (χ0v) is 16.6. The predicted octanol–water partition coefficient (Wildman–Crippen LogP) is 3.32. The van der Waals surface area contributed by atoms with E-state index in [0.29, 0.717) is 16.1 Å². The molecule has 0 bridgehead atoms. The monoisotopic (exact) mass is 390 g/mol. The number of halogens is 1. The van der Waals surface area contributed by atoms with E-state index < -0.39 is 17.9 Å². The summed E-state index contributed by atoms with van der Waals surface area (Å²) in [6.07, 6.45) is 0. The zero-order valence-electron chi connectivity index (χ0n) is 15.8. The van der Waals surface area contributed by atoms with Crippen LogP contribution in [0.2, 0.25) is 5.02 Å². The molecule has 7 heteroatoms. The molecular weight excluding hydrogens is 368 g/mol. The van der Waals surface area contributed by atoms with Gasteiger partial charge in [-0.25, -0.2) is 4.79 Å². The van der Waals surface area contributed by atoms with Crippen molar-refractivity contribution in [3.05, 3.63) is 57.9 Å². The second-order valence-corrected chi connectivity index (χ2v) is 6.70. The number of ketones is 1. The van der Waals surface area contributed by atoms with E-state index in [1.165, 1.54) is 6.92 Å². The Morgan fingerprint density at radius 1 is 1.19 bits per heavy atom. The molecule has 1 amide bonds. The molecule has 0 aliphatic rings. The van der Waals surface area contributed by atoms with Crippen LogP contribution in [0.25, 0.3) is 0 Å². The maximum Gasteiger partial charge on any atom is 0.328 e. The van der Waals surface area contributed by atoms with Gasteiger partial charge in [-0.1, -0.05) is 11.6 Å². The van der Waals surface area contributed by atoms with Gasteiger partial charge in [0, 0.05) is 34.1 Å². The average molecular weight is 391 g/mol. The van der Waals surface area contributed by atoms with E-state index in [2.05, 4.69) is 5.32 Å². The van der Waals surface area contributed by atoms with Gasteiger partial charge < -0.3 is 14.6 Å². The number of aromatic nitrogens is 1. The van der Waals surface area contributed by atoms with Crippen LogP contribution in [0.3, 0.4) is 0 Å². The Hall–Kier alpha value is -2.60. The summed E-state index contributed by atoms with van der Waals surface area (Å²) >= 11 is 5.79. The molecule has 0 saturated heterocycles. The summed E-state index contributed by atoms with van der Waals surface area (Å²) in [7, 11) is 0. The molecule has 0 unspecified atom stereocenters. The molecule has 1 N–H and O–H groups in total. The third-order valence-corrected chi connectivity index (χ3v) is 4.60. The molecule has 1 aromatic carbocycles. The minimum absolute atomic E-state index is 0.271. The minimum atomic E-state index is -0.885. The van der Waals surface area contributed by atoms with E-state index in [4.69, 9.17) is 16.3 Å². The Morgan fingerprint density at radius 3 is 2.37 bits per heavy atom. The summed E-state index contributed by atoms with van der Waals surface area (Å²) < 4.78 is 7.10. The van der Waals surface area contributed by atoms with Gasteiger partial charge in [-0.3, -0.25) is 9.59 Å². The normalized spacial score (nSPS) is 11.7. The maximum absolute atomic E-state index is 12.4. The van der Waals surface area contributed by atoms with Crippen molar-refractivity contribution in [2.45, 2.75) is 40.3 Å². The quantitative estimate of drug-likeness (QED) is 0.581. The Kier molecular flexibility index (Phi) is 6.80. The summed E-state index contributed by atoms with van der Waals surface area (Å²) in [5, 5.41) is 3.05. The highest BCUT2D eigenvalue weighted by molar-refractivity contribution is 6.30. The van der Waals surface area contributed by atoms with Gasteiger partial charge in [0.25, 0.3) is 5.91 Å². The van der Waals surface area contributed by atoms with Crippen molar-refractivity contribution in [3.8, 4) is 0 Å². The van der Waals surface area contributed by atoms with Gasteiger partial charge >= 0.3 is 5.97 Å². The van der Waals surface area contributed by atoms with Crippen molar-refractivity contribution in [1.82, 2.24) is 9.88 Å². The molecule has 1 atom stereocenters. The topological polar surface area (TPSA) is 77.4 Å². The number of esters is 1. The molecule has 0 spiro atoms. The number of hydrogen-bond acceptors (Lipinski definition) is 4. The number of carbonyl (C=O) groups excluding carboxylic acids is 3. The van der Waals surface area contributed by atoms with Crippen molar-refractivity contribution < 1.29 is 19.1 Å². The average Bonchev–Trinajstić information content (AvgIpc) is 2.93. The molecule has 27 heavy (non-hydrogen) atoms. The number of ether oxygens (including phenoxy) is 1. The third kappa shape index (κ3) is 4.98. The van der Waals surface area contributed by atoms with Crippen LogP contribution in [0, 0.1) is 13.8 Å². The molecule has 1 heterocycles. The smallest absolute Gasteiger partial charge is 0.328 e. The standard InChI is InChI=1S/C20H23ClN2O4/c1-5-23-12(2)10-17(14(23)4)18(24)11-27-20(26)13(3)22-19(25)15-6-8-16(21)9-7-15/h6-10,13H,5,11H2,1-4H3,(H,22,25)/t13-/m0/s1. The highest BCUT2D eigenvalue weighted by Crippen LogP contribution is 2.16. The van der Waals surface area contributed by atoms with E-state index in [-0.39, 0.29) is 12.4 Å². The van der Waals surface area contributed by atoms with E-state index in [0.717, 1.165) is 17.9 Å². The first-order valence-electron chi connectivity index (χ1n) is 8.67.